The van der Waals surface area contributed by atoms with E-state index >= 15 is 0 Å². The molecule has 0 bridgehead atoms. The van der Waals surface area contributed by atoms with E-state index in [4.69, 9.17) is 0 Å². The number of rotatable bonds is 4. The van der Waals surface area contributed by atoms with Crippen LogP contribution in [0.3, 0.4) is 0 Å². The normalized spacial score (nSPS) is 18.6. The van der Waals surface area contributed by atoms with Crippen LogP contribution >= 0.6 is 0 Å². The Morgan fingerprint density at radius 2 is 2.00 bits per heavy atom. The zero-order chi connectivity index (χ0) is 14.0. The summed E-state index contributed by atoms with van der Waals surface area (Å²) in [4.78, 5) is 0. The van der Waals surface area contributed by atoms with Gasteiger partial charge in [-0.2, -0.15) is 21.6 Å². The maximum atomic E-state index is 12.1. The lowest BCUT2D eigenvalue weighted by Gasteiger charge is -2.30. The van der Waals surface area contributed by atoms with Gasteiger partial charge in [0.1, 0.15) is 0 Å². The Labute approximate surface area is 104 Å². The quantitative estimate of drug-likeness (QED) is 0.486. The molecule has 0 spiro atoms. The largest absolute Gasteiger partial charge is 0.523 e. The van der Waals surface area contributed by atoms with Gasteiger partial charge in [0, 0.05) is 12.0 Å². The fourth-order valence-electron chi connectivity index (χ4n) is 1.62. The fraction of sp³-hybridized carbons (Fsp3) is 0.800. The van der Waals surface area contributed by atoms with Crippen LogP contribution in [0, 0.1) is 5.41 Å². The smallest absolute Gasteiger partial charge is 0.313 e. The Hall–Kier alpha value is -0.600. The Morgan fingerprint density at radius 1 is 1.39 bits per heavy atom. The molecule has 0 atom stereocenters. The number of hydrogen-bond acceptors (Lipinski definition) is 4. The summed E-state index contributed by atoms with van der Waals surface area (Å²) in [6, 6.07) is 0. The van der Waals surface area contributed by atoms with Crippen molar-refractivity contribution in [3.63, 3.8) is 0 Å². The van der Waals surface area contributed by atoms with E-state index in [2.05, 4.69) is 9.50 Å². The summed E-state index contributed by atoms with van der Waals surface area (Å²) in [7, 11) is -5.51. The Balaban J connectivity index is 2.70. The lowest BCUT2D eigenvalue weighted by Crippen LogP contribution is -2.33. The van der Waals surface area contributed by atoms with Crippen molar-refractivity contribution < 1.29 is 25.8 Å². The van der Waals surface area contributed by atoms with Crippen molar-refractivity contribution in [2.45, 2.75) is 25.8 Å². The molecule has 0 aliphatic carbocycles. The number of hydrogen-bond donors (Lipinski definition) is 1. The molecule has 0 fully saturated rings. The lowest BCUT2D eigenvalue weighted by atomic mass is 9.82. The van der Waals surface area contributed by atoms with Gasteiger partial charge in [0.2, 0.25) is 0 Å². The molecule has 106 valence electrons. The third kappa shape index (κ3) is 3.69. The van der Waals surface area contributed by atoms with E-state index < -0.39 is 27.6 Å². The van der Waals surface area contributed by atoms with Crippen LogP contribution in [-0.2, 0) is 14.3 Å². The first kappa shape index (κ1) is 15.5. The molecule has 1 rings (SSSR count). The number of nitrogens with one attached hydrogen (secondary N) is 1. The maximum absolute atomic E-state index is 12.1. The van der Waals surface area contributed by atoms with E-state index in [-0.39, 0.29) is 0 Å². The highest BCUT2D eigenvalue weighted by atomic mass is 32.2. The van der Waals surface area contributed by atoms with Gasteiger partial charge in [-0.25, -0.2) is 0 Å². The summed E-state index contributed by atoms with van der Waals surface area (Å²) in [5.41, 5.74) is -5.20. The van der Waals surface area contributed by atoms with Crippen LogP contribution < -0.4 is 5.32 Å². The van der Waals surface area contributed by atoms with Crippen molar-refractivity contribution in [2.24, 2.45) is 5.41 Å². The van der Waals surface area contributed by atoms with E-state index in [9.17, 15) is 21.6 Å². The highest BCUT2D eigenvalue weighted by Crippen LogP contribution is 2.32. The van der Waals surface area contributed by atoms with Crippen molar-refractivity contribution in [1.82, 2.24) is 5.32 Å². The second-order valence-corrected chi connectivity index (χ2v) is 6.34. The monoisotopic (exact) mass is 287 g/mol. The molecule has 1 heterocycles. The van der Waals surface area contributed by atoms with Crippen molar-refractivity contribution in [2.75, 3.05) is 19.7 Å². The molecule has 8 heteroatoms. The Kier molecular flexibility index (Phi) is 4.45. The van der Waals surface area contributed by atoms with Gasteiger partial charge in [-0.15, -0.1) is 0 Å². The van der Waals surface area contributed by atoms with Gasteiger partial charge in [-0.05, 0) is 13.0 Å². The summed E-state index contributed by atoms with van der Waals surface area (Å²) < 4.78 is 62.0. The summed E-state index contributed by atoms with van der Waals surface area (Å²) in [6.07, 6.45) is 2.52. The van der Waals surface area contributed by atoms with Gasteiger partial charge in [0.05, 0.1) is 6.61 Å². The predicted molar refractivity (Wildman–Crippen MR) is 60.3 cm³/mol. The molecule has 0 aromatic rings. The van der Waals surface area contributed by atoms with Gasteiger partial charge >= 0.3 is 15.6 Å². The molecule has 0 aromatic heterocycles. The van der Waals surface area contributed by atoms with Crippen molar-refractivity contribution in [3.05, 3.63) is 11.6 Å². The molecule has 18 heavy (non-hydrogen) atoms. The van der Waals surface area contributed by atoms with Gasteiger partial charge in [0.15, 0.2) is 0 Å². The minimum Gasteiger partial charge on any atom is -0.313 e. The molecule has 0 amide bonds. The van der Waals surface area contributed by atoms with E-state index in [1.165, 1.54) is 0 Å². The maximum Gasteiger partial charge on any atom is 0.523 e. The standard InChI is InChI=1S/C10H16F3NO3S/c1-9(2,8-3-5-14-6-4-8)7-17-18(15,16)10(11,12)13/h3,14H,4-7H2,1-2H3. The van der Waals surface area contributed by atoms with Crippen LogP contribution in [0.2, 0.25) is 0 Å². The van der Waals surface area contributed by atoms with Gasteiger partial charge in [-0.1, -0.05) is 25.5 Å². The molecule has 1 aliphatic heterocycles. The van der Waals surface area contributed by atoms with Crippen LogP contribution in [0.4, 0.5) is 13.2 Å². The van der Waals surface area contributed by atoms with Gasteiger partial charge < -0.3 is 5.32 Å². The summed E-state index contributed by atoms with van der Waals surface area (Å²) in [5.74, 6) is 0. The van der Waals surface area contributed by atoms with Gasteiger partial charge in [-0.3, -0.25) is 4.18 Å². The van der Waals surface area contributed by atoms with E-state index in [0.717, 1.165) is 12.1 Å². The average Bonchev–Trinajstić information content (AvgIpc) is 2.26. The fourth-order valence-corrected chi connectivity index (χ4v) is 2.21. The average molecular weight is 287 g/mol. The van der Waals surface area contributed by atoms with Crippen LogP contribution in [0.5, 0.6) is 0 Å². The van der Waals surface area contributed by atoms with Crippen LogP contribution in [-0.4, -0.2) is 33.6 Å². The molecule has 1 N–H and O–H groups in total. The molecule has 0 saturated heterocycles. The summed E-state index contributed by atoms with van der Waals surface area (Å²) in [5, 5.41) is 3.07. The molecular formula is C10H16F3NO3S. The second-order valence-electron chi connectivity index (χ2n) is 4.73. The molecule has 0 radical (unpaired) electrons. The zero-order valence-corrected chi connectivity index (χ0v) is 11.0. The SMILES string of the molecule is CC(C)(COS(=O)(=O)C(F)(F)F)C1=CCNCC1. The topological polar surface area (TPSA) is 55.4 Å². The first-order chi connectivity index (χ1) is 8.06. The molecule has 4 nitrogen and oxygen atoms in total. The van der Waals surface area contributed by atoms with Gasteiger partial charge in [0.25, 0.3) is 0 Å². The van der Waals surface area contributed by atoms with Crippen LogP contribution in [0.25, 0.3) is 0 Å². The van der Waals surface area contributed by atoms with Crippen molar-refractivity contribution in [3.8, 4) is 0 Å². The minimum absolute atomic E-state index is 0.513. The zero-order valence-electron chi connectivity index (χ0n) is 10.2. The van der Waals surface area contributed by atoms with E-state index in [1.54, 1.807) is 13.8 Å². The molecule has 0 saturated carbocycles. The summed E-state index contributed by atoms with van der Waals surface area (Å²) >= 11 is 0. The molecule has 0 unspecified atom stereocenters. The highest BCUT2D eigenvalue weighted by molar-refractivity contribution is 7.87. The van der Waals surface area contributed by atoms with Crippen molar-refractivity contribution >= 4 is 10.1 Å². The molecule has 0 aromatic carbocycles. The van der Waals surface area contributed by atoms with Crippen LogP contribution in [0.1, 0.15) is 20.3 Å². The molecular weight excluding hydrogens is 271 g/mol. The minimum atomic E-state index is -5.51. The highest BCUT2D eigenvalue weighted by Gasteiger charge is 2.48. The van der Waals surface area contributed by atoms with Crippen molar-refractivity contribution in [1.29, 1.82) is 0 Å². The number of halogens is 3. The van der Waals surface area contributed by atoms with E-state index in [1.807, 2.05) is 6.08 Å². The second kappa shape index (κ2) is 5.18. The number of alkyl halides is 3. The predicted octanol–water partition coefficient (Wildman–Crippen LogP) is 1.80. The Morgan fingerprint density at radius 3 is 2.44 bits per heavy atom. The third-order valence-corrected chi connectivity index (χ3v) is 3.79. The van der Waals surface area contributed by atoms with E-state index in [0.29, 0.717) is 13.0 Å². The first-order valence-corrected chi connectivity index (χ1v) is 6.83. The molecule has 1 aliphatic rings. The third-order valence-electron chi connectivity index (χ3n) is 2.79. The van der Waals surface area contributed by atoms with Crippen LogP contribution in [0.15, 0.2) is 11.6 Å². The lowest BCUT2D eigenvalue weighted by molar-refractivity contribution is -0.0556. The first-order valence-electron chi connectivity index (χ1n) is 5.42. The Bertz CT molecular complexity index is 426. The summed E-state index contributed by atoms with van der Waals surface area (Å²) in [6.45, 7) is 4.17.